The average molecular weight is 492 g/mol. The number of para-hydroxylation sites is 1. The second kappa shape index (κ2) is 10.3. The summed E-state index contributed by atoms with van der Waals surface area (Å²) in [5.74, 6) is -0.234. The van der Waals surface area contributed by atoms with Crippen molar-refractivity contribution in [2.24, 2.45) is 7.05 Å². The zero-order valence-electron chi connectivity index (χ0n) is 19.9. The summed E-state index contributed by atoms with van der Waals surface area (Å²) in [5.41, 5.74) is 4.13. The molecule has 3 aromatic rings. The van der Waals surface area contributed by atoms with E-state index in [1.54, 1.807) is 17.0 Å². The molecule has 0 saturated heterocycles. The first-order chi connectivity index (χ1) is 17.0. The standard InChI is InChI=1S/C28H30FN3O2S/c1-31-23-10-6-5-9-22(23)25-26(27(34)30-17-20-11-13-21(29)14-12-20)32(24(33)18-35-28(25)31)16-15-19-7-3-2-4-8-19/h5-7,9-14,26H,2-4,8,15-18H2,1H3,(H,30,34). The number of amides is 2. The summed E-state index contributed by atoms with van der Waals surface area (Å²) in [6, 6.07) is 13.5. The van der Waals surface area contributed by atoms with E-state index in [1.165, 1.54) is 42.3 Å². The maximum atomic E-state index is 13.8. The summed E-state index contributed by atoms with van der Waals surface area (Å²) in [6.07, 6.45) is 7.65. The maximum Gasteiger partial charge on any atom is 0.247 e. The number of benzene rings is 2. The molecule has 0 bridgehead atoms. The van der Waals surface area contributed by atoms with Crippen LogP contribution in [-0.2, 0) is 23.2 Å². The number of hydrogen-bond donors (Lipinski definition) is 1. The largest absolute Gasteiger partial charge is 0.350 e. The minimum absolute atomic E-state index is 0.0198. The number of carbonyl (C=O) groups excluding carboxylic acids is 2. The first kappa shape index (κ1) is 23.7. The van der Waals surface area contributed by atoms with Crippen LogP contribution in [0.25, 0.3) is 10.9 Å². The third-order valence-corrected chi connectivity index (χ3v) is 8.17. The molecule has 5 nitrogen and oxygen atoms in total. The lowest BCUT2D eigenvalue weighted by Gasteiger charge is -2.30. The summed E-state index contributed by atoms with van der Waals surface area (Å²) in [6.45, 7) is 0.790. The summed E-state index contributed by atoms with van der Waals surface area (Å²) in [7, 11) is 1.99. The van der Waals surface area contributed by atoms with E-state index < -0.39 is 6.04 Å². The highest BCUT2D eigenvalue weighted by atomic mass is 32.2. The SMILES string of the molecule is Cn1c2c(c3ccccc31)C(C(=O)NCc1ccc(F)cc1)N(CCC1=CCCCC1)C(=O)CS2. The van der Waals surface area contributed by atoms with Crippen molar-refractivity contribution in [2.75, 3.05) is 12.3 Å². The molecule has 5 rings (SSSR count). The van der Waals surface area contributed by atoms with E-state index in [0.29, 0.717) is 12.3 Å². The van der Waals surface area contributed by atoms with Gasteiger partial charge in [-0.1, -0.05) is 53.7 Å². The van der Waals surface area contributed by atoms with E-state index in [1.807, 2.05) is 25.2 Å². The van der Waals surface area contributed by atoms with Gasteiger partial charge in [-0.3, -0.25) is 9.59 Å². The van der Waals surface area contributed by atoms with Crippen LogP contribution in [0.3, 0.4) is 0 Å². The lowest BCUT2D eigenvalue weighted by atomic mass is 9.96. The lowest BCUT2D eigenvalue weighted by molar-refractivity contribution is -0.139. The van der Waals surface area contributed by atoms with Crippen molar-refractivity contribution in [3.8, 4) is 0 Å². The Labute approximate surface area is 209 Å². The van der Waals surface area contributed by atoms with Gasteiger partial charge >= 0.3 is 0 Å². The van der Waals surface area contributed by atoms with Crippen LogP contribution in [0.5, 0.6) is 0 Å². The quantitative estimate of drug-likeness (QED) is 0.463. The normalized spacial score (nSPS) is 18.2. The molecule has 2 amide bonds. The molecule has 2 heterocycles. The molecular weight excluding hydrogens is 461 g/mol. The number of aromatic nitrogens is 1. The third-order valence-electron chi connectivity index (χ3n) is 7.02. The molecule has 2 aliphatic rings. The smallest absolute Gasteiger partial charge is 0.247 e. The van der Waals surface area contributed by atoms with Gasteiger partial charge in [0.2, 0.25) is 11.8 Å². The summed E-state index contributed by atoms with van der Waals surface area (Å²) in [4.78, 5) is 29.0. The Hall–Kier alpha value is -3.06. The summed E-state index contributed by atoms with van der Waals surface area (Å²) < 4.78 is 15.4. The second-order valence-corrected chi connectivity index (χ2v) is 10.2. The van der Waals surface area contributed by atoms with Crippen LogP contribution in [0.1, 0.15) is 49.3 Å². The van der Waals surface area contributed by atoms with Gasteiger partial charge < -0.3 is 14.8 Å². The number of rotatable bonds is 6. The summed E-state index contributed by atoms with van der Waals surface area (Å²) >= 11 is 1.51. The van der Waals surface area contributed by atoms with Gasteiger partial charge in [0.15, 0.2) is 0 Å². The van der Waals surface area contributed by atoms with Crippen molar-refractivity contribution >= 4 is 34.5 Å². The van der Waals surface area contributed by atoms with Gasteiger partial charge in [0.25, 0.3) is 0 Å². The van der Waals surface area contributed by atoms with Crippen LogP contribution in [0, 0.1) is 5.82 Å². The molecule has 0 fully saturated rings. The number of halogens is 1. The van der Waals surface area contributed by atoms with Gasteiger partial charge in [-0.2, -0.15) is 0 Å². The van der Waals surface area contributed by atoms with Crippen molar-refractivity contribution in [1.82, 2.24) is 14.8 Å². The van der Waals surface area contributed by atoms with E-state index in [0.717, 1.165) is 46.3 Å². The Morgan fingerprint density at radius 3 is 2.71 bits per heavy atom. The van der Waals surface area contributed by atoms with Crippen LogP contribution in [-0.4, -0.2) is 33.6 Å². The molecule has 2 aromatic carbocycles. The molecule has 0 saturated carbocycles. The Morgan fingerprint density at radius 2 is 1.94 bits per heavy atom. The molecule has 1 unspecified atom stereocenters. The van der Waals surface area contributed by atoms with Gasteiger partial charge in [-0.15, -0.1) is 0 Å². The van der Waals surface area contributed by atoms with E-state index >= 15 is 0 Å². The van der Waals surface area contributed by atoms with Crippen molar-refractivity contribution in [3.63, 3.8) is 0 Å². The number of fused-ring (bicyclic) bond motifs is 3. The first-order valence-electron chi connectivity index (χ1n) is 12.2. The molecule has 182 valence electrons. The van der Waals surface area contributed by atoms with E-state index in [9.17, 15) is 14.0 Å². The Morgan fingerprint density at radius 1 is 1.14 bits per heavy atom. The molecule has 35 heavy (non-hydrogen) atoms. The number of aryl methyl sites for hydroxylation is 1. The van der Waals surface area contributed by atoms with Crippen LogP contribution in [0.4, 0.5) is 4.39 Å². The number of thioether (sulfide) groups is 1. The number of allylic oxidation sites excluding steroid dienone is 1. The fourth-order valence-electron chi connectivity index (χ4n) is 5.16. The number of nitrogens with zero attached hydrogens (tertiary/aromatic N) is 2. The third kappa shape index (κ3) is 4.87. The summed E-state index contributed by atoms with van der Waals surface area (Å²) in [5, 5.41) is 4.99. The topological polar surface area (TPSA) is 54.3 Å². The van der Waals surface area contributed by atoms with Crippen molar-refractivity contribution < 1.29 is 14.0 Å². The predicted octanol–water partition coefficient (Wildman–Crippen LogP) is 5.50. The molecule has 7 heteroatoms. The molecule has 1 N–H and O–H groups in total. The molecule has 1 aliphatic heterocycles. The van der Waals surface area contributed by atoms with Crippen LogP contribution in [0.15, 0.2) is 65.2 Å². The lowest BCUT2D eigenvalue weighted by Crippen LogP contribution is -2.44. The highest BCUT2D eigenvalue weighted by Gasteiger charge is 2.38. The zero-order chi connectivity index (χ0) is 24.4. The number of nitrogens with one attached hydrogen (secondary N) is 1. The monoisotopic (exact) mass is 491 g/mol. The maximum absolute atomic E-state index is 13.8. The van der Waals surface area contributed by atoms with Crippen molar-refractivity contribution in [1.29, 1.82) is 0 Å². The highest BCUT2D eigenvalue weighted by molar-refractivity contribution is 8.00. The van der Waals surface area contributed by atoms with Gasteiger partial charge in [-0.05, 0) is 55.9 Å². The minimum atomic E-state index is -0.719. The Bertz CT molecular complexity index is 1280. The average Bonchev–Trinajstić information content (AvgIpc) is 3.06. The Kier molecular flexibility index (Phi) is 6.95. The number of carbonyl (C=O) groups is 2. The molecule has 1 atom stereocenters. The molecule has 0 spiro atoms. The predicted molar refractivity (Wildman–Crippen MR) is 138 cm³/mol. The van der Waals surface area contributed by atoms with Gasteiger partial charge in [0.1, 0.15) is 11.9 Å². The van der Waals surface area contributed by atoms with Crippen LogP contribution in [0.2, 0.25) is 0 Å². The van der Waals surface area contributed by atoms with Gasteiger partial charge in [0.05, 0.1) is 10.8 Å². The molecule has 1 aliphatic carbocycles. The Balaban J connectivity index is 1.51. The fraction of sp³-hybridized carbons (Fsp3) is 0.357. The number of hydrogen-bond acceptors (Lipinski definition) is 3. The molecule has 0 radical (unpaired) electrons. The molecular formula is C28H30FN3O2S. The van der Waals surface area contributed by atoms with Crippen LogP contribution < -0.4 is 5.32 Å². The fourth-order valence-corrected chi connectivity index (χ4v) is 6.26. The van der Waals surface area contributed by atoms with Gasteiger partial charge in [-0.25, -0.2) is 4.39 Å². The van der Waals surface area contributed by atoms with E-state index in [-0.39, 0.29) is 24.2 Å². The minimum Gasteiger partial charge on any atom is -0.350 e. The van der Waals surface area contributed by atoms with E-state index in [2.05, 4.69) is 22.0 Å². The van der Waals surface area contributed by atoms with Crippen molar-refractivity contribution in [3.05, 3.63) is 77.1 Å². The van der Waals surface area contributed by atoms with Crippen molar-refractivity contribution in [2.45, 2.75) is 49.7 Å². The molecule has 1 aromatic heterocycles. The highest BCUT2D eigenvalue weighted by Crippen LogP contribution is 2.42. The van der Waals surface area contributed by atoms with Crippen LogP contribution >= 0.6 is 11.8 Å². The first-order valence-corrected chi connectivity index (χ1v) is 13.2. The second-order valence-electron chi connectivity index (χ2n) is 9.28. The zero-order valence-corrected chi connectivity index (χ0v) is 20.7. The van der Waals surface area contributed by atoms with Gasteiger partial charge in [0, 0.05) is 36.6 Å². The van der Waals surface area contributed by atoms with E-state index in [4.69, 9.17) is 0 Å².